The van der Waals surface area contributed by atoms with Crippen molar-refractivity contribution < 1.29 is 0 Å². The van der Waals surface area contributed by atoms with Gasteiger partial charge in [-0.25, -0.2) is 4.52 Å². The van der Waals surface area contributed by atoms with Gasteiger partial charge < -0.3 is 5.73 Å². The van der Waals surface area contributed by atoms with Crippen molar-refractivity contribution >= 4 is 27.3 Å². The van der Waals surface area contributed by atoms with E-state index in [-0.39, 0.29) is 0 Å². The lowest BCUT2D eigenvalue weighted by Gasteiger charge is -1.92. The zero-order valence-corrected chi connectivity index (χ0v) is 7.12. The highest BCUT2D eigenvalue weighted by atomic mass is 79.9. The second-order valence-electron chi connectivity index (χ2n) is 2.12. The molecule has 2 rings (SSSR count). The number of hydrogen-bond acceptors (Lipinski definition) is 3. The van der Waals surface area contributed by atoms with Crippen molar-refractivity contribution in [1.82, 2.24) is 14.8 Å². The van der Waals surface area contributed by atoms with E-state index in [9.17, 15) is 0 Å². The second-order valence-corrected chi connectivity index (χ2v) is 2.98. The molecule has 2 heterocycles. The molecule has 0 saturated carbocycles. The summed E-state index contributed by atoms with van der Waals surface area (Å²) in [6.45, 7) is 0. The molecule has 5 heteroatoms. The average molecular weight is 213 g/mol. The number of rotatable bonds is 0. The highest BCUT2D eigenvalue weighted by Crippen LogP contribution is 2.20. The van der Waals surface area contributed by atoms with E-state index >= 15 is 0 Å². The molecule has 56 valence electrons. The molecule has 0 aliphatic rings. The largest absolute Gasteiger partial charge is 0.380 e. The molecular weight excluding hydrogens is 208 g/mol. The summed E-state index contributed by atoms with van der Waals surface area (Å²) < 4.78 is 2.53. The first-order valence-corrected chi connectivity index (χ1v) is 3.83. The molecule has 0 spiro atoms. The van der Waals surface area contributed by atoms with Gasteiger partial charge in [0, 0.05) is 10.7 Å². The fourth-order valence-electron chi connectivity index (χ4n) is 0.930. The van der Waals surface area contributed by atoms with Crippen LogP contribution < -0.4 is 5.73 Å². The third-order valence-corrected chi connectivity index (χ3v) is 2.06. The normalized spacial score (nSPS) is 10.6. The summed E-state index contributed by atoms with van der Waals surface area (Å²) in [7, 11) is 0. The number of halogens is 1. The van der Waals surface area contributed by atoms with E-state index in [1.807, 2.05) is 12.1 Å². The van der Waals surface area contributed by atoms with Crippen LogP contribution in [0.3, 0.4) is 0 Å². The fraction of sp³-hybridized carbons (Fsp3) is 0. The number of nitrogen functional groups attached to an aromatic ring is 1. The number of hydrogen-bond donors (Lipinski definition) is 1. The van der Waals surface area contributed by atoms with E-state index in [0.29, 0.717) is 5.82 Å². The van der Waals surface area contributed by atoms with Crippen molar-refractivity contribution in [1.29, 1.82) is 0 Å². The molecule has 2 aromatic heterocycles. The third-order valence-electron chi connectivity index (χ3n) is 1.42. The minimum absolute atomic E-state index is 0.442. The Bertz CT molecular complexity index is 394. The van der Waals surface area contributed by atoms with Crippen LogP contribution in [0, 0.1) is 0 Å². The molecule has 4 nitrogen and oxygen atoms in total. The monoisotopic (exact) mass is 212 g/mol. The van der Waals surface area contributed by atoms with Crippen molar-refractivity contribution in [2.24, 2.45) is 0 Å². The van der Waals surface area contributed by atoms with E-state index in [4.69, 9.17) is 5.73 Å². The maximum Gasteiger partial charge on any atom is 0.175 e. The van der Waals surface area contributed by atoms with Gasteiger partial charge in [0.15, 0.2) is 5.82 Å². The Morgan fingerprint density at radius 3 is 3.09 bits per heavy atom. The summed E-state index contributed by atoms with van der Waals surface area (Å²) in [5.74, 6) is 0.442. The van der Waals surface area contributed by atoms with Crippen LogP contribution in [-0.2, 0) is 0 Å². The molecule has 0 amide bonds. The lowest BCUT2D eigenvalue weighted by molar-refractivity contribution is 0.856. The Morgan fingerprint density at radius 1 is 1.55 bits per heavy atom. The first-order chi connectivity index (χ1) is 5.29. The van der Waals surface area contributed by atoms with E-state index in [1.54, 1.807) is 10.7 Å². The smallest absolute Gasteiger partial charge is 0.175 e. The summed E-state index contributed by atoms with van der Waals surface area (Å²) >= 11 is 3.35. The topological polar surface area (TPSA) is 56.2 Å². The van der Waals surface area contributed by atoms with Crippen molar-refractivity contribution in [2.75, 3.05) is 5.73 Å². The summed E-state index contributed by atoms with van der Waals surface area (Å²) in [4.78, 5) is 0. The van der Waals surface area contributed by atoms with Gasteiger partial charge in [-0.05, 0) is 28.1 Å². The standard InChI is InChI=1S/C6H5BrN4/c7-4-2-1-3-11-5(4)6(8)9-10-11/h1-3H,8H2. The SMILES string of the molecule is Nc1nnn2cccc(Br)c12. The van der Waals surface area contributed by atoms with Gasteiger partial charge in [0.1, 0.15) is 5.52 Å². The number of nitrogens with two attached hydrogens (primary N) is 1. The number of fused-ring (bicyclic) bond motifs is 1. The lowest BCUT2D eigenvalue weighted by atomic mass is 10.4. The molecule has 2 N–H and O–H groups in total. The van der Waals surface area contributed by atoms with Gasteiger partial charge >= 0.3 is 0 Å². The maximum atomic E-state index is 5.55. The molecule has 2 aromatic rings. The summed E-state index contributed by atoms with van der Waals surface area (Å²) in [5.41, 5.74) is 6.37. The number of aromatic nitrogens is 3. The highest BCUT2D eigenvalue weighted by Gasteiger charge is 2.03. The van der Waals surface area contributed by atoms with Gasteiger partial charge in [0.05, 0.1) is 0 Å². The molecular formula is C6H5BrN4. The molecule has 0 atom stereocenters. The van der Waals surface area contributed by atoms with E-state index in [1.165, 1.54) is 0 Å². The van der Waals surface area contributed by atoms with Crippen LogP contribution in [0.4, 0.5) is 5.82 Å². The first-order valence-electron chi connectivity index (χ1n) is 3.04. The predicted molar refractivity (Wildman–Crippen MR) is 45.1 cm³/mol. The molecule has 0 radical (unpaired) electrons. The van der Waals surface area contributed by atoms with Crippen molar-refractivity contribution in [3.8, 4) is 0 Å². The van der Waals surface area contributed by atoms with Gasteiger partial charge in [0.25, 0.3) is 0 Å². The first kappa shape index (κ1) is 6.60. The zero-order chi connectivity index (χ0) is 7.84. The van der Waals surface area contributed by atoms with E-state index in [2.05, 4.69) is 26.2 Å². The second kappa shape index (κ2) is 2.20. The van der Waals surface area contributed by atoms with Gasteiger partial charge in [-0.2, -0.15) is 0 Å². The predicted octanol–water partition coefficient (Wildman–Crippen LogP) is 1.07. The van der Waals surface area contributed by atoms with E-state index in [0.717, 1.165) is 9.99 Å². The van der Waals surface area contributed by atoms with Gasteiger partial charge in [-0.3, -0.25) is 0 Å². The van der Waals surface area contributed by atoms with Crippen LogP contribution in [-0.4, -0.2) is 14.8 Å². The van der Waals surface area contributed by atoms with Gasteiger partial charge in [-0.15, -0.1) is 5.10 Å². The van der Waals surface area contributed by atoms with Crippen molar-refractivity contribution in [3.05, 3.63) is 22.8 Å². The average Bonchev–Trinajstić information content (AvgIpc) is 2.34. The summed E-state index contributed by atoms with van der Waals surface area (Å²) in [6.07, 6.45) is 1.80. The molecule has 0 saturated heterocycles. The number of nitrogens with zero attached hydrogens (tertiary/aromatic N) is 3. The maximum absolute atomic E-state index is 5.55. The Kier molecular flexibility index (Phi) is 1.32. The zero-order valence-electron chi connectivity index (χ0n) is 5.53. The highest BCUT2D eigenvalue weighted by molar-refractivity contribution is 9.10. The van der Waals surface area contributed by atoms with Crippen LogP contribution >= 0.6 is 15.9 Å². The molecule has 0 fully saturated rings. The van der Waals surface area contributed by atoms with Crippen molar-refractivity contribution in [2.45, 2.75) is 0 Å². The Hall–Kier alpha value is -1.10. The fourth-order valence-corrected chi connectivity index (χ4v) is 1.47. The number of anilines is 1. The summed E-state index contributed by atoms with van der Waals surface area (Å²) in [5, 5.41) is 7.51. The third kappa shape index (κ3) is 0.883. The van der Waals surface area contributed by atoms with Crippen molar-refractivity contribution in [3.63, 3.8) is 0 Å². The lowest BCUT2D eigenvalue weighted by Crippen LogP contribution is -1.87. The quantitative estimate of drug-likeness (QED) is 0.712. The van der Waals surface area contributed by atoms with Crippen LogP contribution in [0.15, 0.2) is 22.8 Å². The Balaban J connectivity index is 2.96. The van der Waals surface area contributed by atoms with Crippen LogP contribution in [0.2, 0.25) is 0 Å². The molecule has 0 aromatic carbocycles. The van der Waals surface area contributed by atoms with Crippen LogP contribution in [0.25, 0.3) is 5.52 Å². The van der Waals surface area contributed by atoms with E-state index < -0.39 is 0 Å². The molecule has 0 aliphatic heterocycles. The summed E-state index contributed by atoms with van der Waals surface area (Å²) in [6, 6.07) is 3.76. The number of pyridine rings is 1. The molecule has 11 heavy (non-hydrogen) atoms. The molecule has 0 aliphatic carbocycles. The van der Waals surface area contributed by atoms with Crippen LogP contribution in [0.1, 0.15) is 0 Å². The minimum atomic E-state index is 0.442. The molecule has 0 bridgehead atoms. The molecule has 0 unspecified atom stereocenters. The van der Waals surface area contributed by atoms with Gasteiger partial charge in [-0.1, -0.05) is 5.21 Å². The Labute approximate surface area is 71.1 Å². The van der Waals surface area contributed by atoms with Gasteiger partial charge in [0.2, 0.25) is 0 Å². The van der Waals surface area contributed by atoms with Crippen LogP contribution in [0.5, 0.6) is 0 Å². The minimum Gasteiger partial charge on any atom is -0.380 e. The Morgan fingerprint density at radius 2 is 2.36 bits per heavy atom.